The third kappa shape index (κ3) is 8.70. The largest absolute Gasteiger partial charge is 0.444 e. The van der Waals surface area contributed by atoms with Crippen molar-refractivity contribution in [2.45, 2.75) is 124 Å². The van der Waals surface area contributed by atoms with E-state index < -0.39 is 83.9 Å². The van der Waals surface area contributed by atoms with Crippen LogP contribution in [0.2, 0.25) is 0 Å². The zero-order chi connectivity index (χ0) is 36.7. The van der Waals surface area contributed by atoms with Crippen LogP contribution in [0.4, 0.5) is 4.79 Å². The minimum Gasteiger partial charge on any atom is -0.444 e. The van der Waals surface area contributed by atoms with Crippen LogP contribution in [0, 0.1) is 5.92 Å². The molecule has 5 atom stereocenters. The van der Waals surface area contributed by atoms with Gasteiger partial charge < -0.3 is 20.3 Å². The molecule has 0 bridgehead atoms. The van der Waals surface area contributed by atoms with E-state index in [1.807, 2.05) is 6.08 Å². The number of hydrogen-bond donors (Lipinski definition) is 3. The Hall–Kier alpha value is -3.02. The first-order valence-corrected chi connectivity index (χ1v) is 20.5. The van der Waals surface area contributed by atoms with Crippen molar-refractivity contribution in [2.75, 3.05) is 6.54 Å². The van der Waals surface area contributed by atoms with Crippen molar-refractivity contribution in [2.24, 2.45) is 5.92 Å². The molecule has 5 rings (SSSR count). The van der Waals surface area contributed by atoms with Crippen molar-refractivity contribution in [3.05, 3.63) is 40.9 Å². The summed E-state index contributed by atoms with van der Waals surface area (Å²) in [4.78, 5) is 56.0. The fraction of sp³-hybridized carbons (Fsp3) is 0.636. The second kappa shape index (κ2) is 14.2. The number of fused-ring (bicyclic) bond motifs is 2. The molecule has 1 aromatic carbocycles. The van der Waals surface area contributed by atoms with Crippen molar-refractivity contribution < 1.29 is 44.9 Å². The van der Waals surface area contributed by atoms with Gasteiger partial charge in [-0.15, -0.1) is 0 Å². The van der Waals surface area contributed by atoms with E-state index in [2.05, 4.69) is 31.3 Å². The zero-order valence-corrected chi connectivity index (χ0v) is 31.8. The molecule has 0 radical (unpaired) electrons. The lowest BCUT2D eigenvalue weighted by Crippen LogP contribution is -2.58. The number of halogens is 1. The van der Waals surface area contributed by atoms with Crippen LogP contribution in [0.25, 0.3) is 0 Å². The molecule has 2 aliphatic heterocycles. The van der Waals surface area contributed by atoms with E-state index in [4.69, 9.17) is 8.92 Å². The van der Waals surface area contributed by atoms with E-state index in [1.54, 1.807) is 33.8 Å². The predicted molar refractivity (Wildman–Crippen MR) is 185 cm³/mol. The molecule has 2 saturated carbocycles. The van der Waals surface area contributed by atoms with Gasteiger partial charge in [0.2, 0.25) is 21.8 Å². The lowest BCUT2D eigenvalue weighted by Gasteiger charge is -2.30. The molecule has 0 spiro atoms. The molecule has 14 nitrogen and oxygen atoms in total. The molecular weight excluding hydrogens is 756 g/mol. The molecule has 3 N–H and O–H groups in total. The highest BCUT2D eigenvalue weighted by molar-refractivity contribution is 9.10. The van der Waals surface area contributed by atoms with Crippen LogP contribution in [0.15, 0.2) is 45.8 Å². The number of amides is 4. The number of allylic oxidation sites excluding steroid dienone is 1. The first-order valence-electron chi connectivity index (χ1n) is 16.8. The Labute approximate surface area is 301 Å². The smallest absolute Gasteiger partial charge is 0.408 e. The van der Waals surface area contributed by atoms with Gasteiger partial charge in [0.25, 0.3) is 16.0 Å². The normalized spacial score (nSPS) is 29.3. The number of carbonyl (C=O) groups is 4. The zero-order valence-electron chi connectivity index (χ0n) is 28.6. The molecule has 0 aromatic heterocycles. The van der Waals surface area contributed by atoms with Crippen molar-refractivity contribution in [3.63, 3.8) is 0 Å². The number of hydrogen-bond acceptors (Lipinski definition) is 10. The van der Waals surface area contributed by atoms with Gasteiger partial charge in [-0.05, 0) is 90.5 Å². The van der Waals surface area contributed by atoms with Crippen LogP contribution >= 0.6 is 15.9 Å². The quantitative estimate of drug-likeness (QED) is 0.272. The average molecular weight is 802 g/mol. The van der Waals surface area contributed by atoms with Crippen molar-refractivity contribution in [3.8, 4) is 0 Å². The van der Waals surface area contributed by atoms with Crippen LogP contribution in [0.3, 0.4) is 0 Å². The fourth-order valence-electron chi connectivity index (χ4n) is 6.22. The van der Waals surface area contributed by atoms with Gasteiger partial charge in [0.15, 0.2) is 0 Å². The minimum atomic E-state index is -4.33. The third-order valence-corrected chi connectivity index (χ3v) is 13.6. The first-order chi connectivity index (χ1) is 23.3. The monoisotopic (exact) mass is 800 g/mol. The Morgan fingerprint density at radius 2 is 1.72 bits per heavy atom. The number of carbonyl (C=O) groups excluding carboxylic acids is 4. The summed E-state index contributed by atoms with van der Waals surface area (Å²) in [5.74, 6) is -2.80. The van der Waals surface area contributed by atoms with Gasteiger partial charge in [0.1, 0.15) is 23.2 Å². The number of nitrogens with one attached hydrogen (secondary N) is 3. The number of ether oxygens (including phenoxy) is 1. The molecule has 276 valence electrons. The molecular formula is C33H45BrN4O10S2. The molecule has 1 aromatic rings. The first kappa shape index (κ1) is 38.2. The molecule has 3 fully saturated rings. The summed E-state index contributed by atoms with van der Waals surface area (Å²) in [7, 11) is -8.35. The SMILES string of the molecule is CC(C)(C)OC(=O)N[C@H]1CCCCC/C=C\C2C[C@@]2(C(=O)NS(=O)(=O)C2(C)CC2)NC(=O)[C@@H]2CC(OS(=O)(=O)c3ccc(Br)cc3)CN2C1=O. The van der Waals surface area contributed by atoms with Crippen LogP contribution in [0.5, 0.6) is 0 Å². The molecule has 2 unspecified atom stereocenters. The second-order valence-electron chi connectivity index (χ2n) is 14.8. The summed E-state index contributed by atoms with van der Waals surface area (Å²) in [6.45, 7) is 6.28. The number of alkyl carbamates (subject to hydrolysis) is 1. The van der Waals surface area contributed by atoms with E-state index in [-0.39, 0.29) is 30.7 Å². The van der Waals surface area contributed by atoms with E-state index in [0.29, 0.717) is 36.6 Å². The Kier molecular flexibility index (Phi) is 10.8. The number of sulfonamides is 1. The van der Waals surface area contributed by atoms with E-state index >= 15 is 0 Å². The highest BCUT2D eigenvalue weighted by Crippen LogP contribution is 2.47. The topological polar surface area (TPSA) is 194 Å². The van der Waals surface area contributed by atoms with Crippen LogP contribution in [0.1, 0.15) is 85.5 Å². The van der Waals surface area contributed by atoms with E-state index in [0.717, 1.165) is 6.42 Å². The van der Waals surface area contributed by atoms with E-state index in [1.165, 1.54) is 29.2 Å². The maximum atomic E-state index is 14.2. The predicted octanol–water partition coefficient (Wildman–Crippen LogP) is 3.41. The summed E-state index contributed by atoms with van der Waals surface area (Å²) in [6.07, 6.45) is 5.27. The maximum Gasteiger partial charge on any atom is 0.408 e. The number of rotatable bonds is 7. The Bertz CT molecular complexity index is 1760. The summed E-state index contributed by atoms with van der Waals surface area (Å²) in [6, 6.07) is 3.35. The van der Waals surface area contributed by atoms with Gasteiger partial charge in [-0.2, -0.15) is 8.42 Å². The van der Waals surface area contributed by atoms with Crippen LogP contribution in [-0.4, -0.2) is 86.2 Å². The van der Waals surface area contributed by atoms with Gasteiger partial charge in [-0.3, -0.25) is 23.3 Å². The van der Waals surface area contributed by atoms with Gasteiger partial charge in [0, 0.05) is 23.4 Å². The standard InChI is InChI=1S/C33H45BrN4O10S2/c1-31(2,3)47-30(42)35-25-11-9-7-5-6-8-10-21-19-33(21,29(41)37-50(45,46)32(4)16-17-32)36-27(39)26-18-23(20-38(26)28(25)40)48-49(43,44)24-14-12-22(34)13-15-24/h8,10,12-15,21,23,25-26H,5-7,9,11,16-20H2,1-4H3,(H,35,42)(H,36,39)(H,37,41)/b10-8-/t21?,23?,25-,26-,33+/m0/s1. The summed E-state index contributed by atoms with van der Waals surface area (Å²) < 4.78 is 65.3. The number of nitrogens with zero attached hydrogens (tertiary/aromatic N) is 1. The highest BCUT2D eigenvalue weighted by Gasteiger charge is 2.63. The summed E-state index contributed by atoms with van der Waals surface area (Å²) in [5, 5.41) is 5.38. The Morgan fingerprint density at radius 1 is 1.04 bits per heavy atom. The van der Waals surface area contributed by atoms with Crippen molar-refractivity contribution >= 4 is 59.9 Å². The second-order valence-corrected chi connectivity index (χ2v) is 19.5. The van der Waals surface area contributed by atoms with Crippen LogP contribution in [-0.2, 0) is 43.4 Å². The van der Waals surface area contributed by atoms with Gasteiger partial charge in [-0.25, -0.2) is 13.2 Å². The lowest BCUT2D eigenvalue weighted by atomic mass is 10.0. The van der Waals surface area contributed by atoms with Crippen molar-refractivity contribution in [1.29, 1.82) is 0 Å². The lowest BCUT2D eigenvalue weighted by molar-refractivity contribution is -0.141. The maximum absolute atomic E-state index is 14.2. The molecule has 50 heavy (non-hydrogen) atoms. The molecule has 4 aliphatic rings. The van der Waals surface area contributed by atoms with Crippen molar-refractivity contribution in [1.82, 2.24) is 20.3 Å². The highest BCUT2D eigenvalue weighted by atomic mass is 79.9. The molecule has 17 heteroatoms. The molecule has 2 aliphatic carbocycles. The van der Waals surface area contributed by atoms with Crippen LogP contribution < -0.4 is 15.4 Å². The Morgan fingerprint density at radius 3 is 2.36 bits per heavy atom. The van der Waals surface area contributed by atoms with E-state index in [9.17, 15) is 36.0 Å². The minimum absolute atomic E-state index is 0.126. The summed E-state index contributed by atoms with van der Waals surface area (Å²) in [5.41, 5.74) is -2.45. The number of benzene rings is 1. The Balaban J connectivity index is 1.45. The molecule has 1 saturated heterocycles. The van der Waals surface area contributed by atoms with Gasteiger partial charge >= 0.3 is 6.09 Å². The van der Waals surface area contributed by atoms with Gasteiger partial charge in [-0.1, -0.05) is 40.9 Å². The fourth-order valence-corrected chi connectivity index (χ4v) is 8.87. The van der Waals surface area contributed by atoms with Gasteiger partial charge in [0.05, 0.1) is 15.7 Å². The third-order valence-electron chi connectivity index (χ3n) is 9.53. The molecule has 2 heterocycles. The summed E-state index contributed by atoms with van der Waals surface area (Å²) >= 11 is 3.27. The average Bonchev–Trinajstić information content (AvgIpc) is 3.89. The molecule has 4 amide bonds.